The molecule has 0 aliphatic rings. The number of carbonyl (C=O) groups is 1. The largest absolute Gasteiger partial charge is 0.481 e. The lowest BCUT2D eigenvalue weighted by Crippen LogP contribution is -2.07. The first kappa shape index (κ1) is 10.6. The molecule has 1 N–H and O–H groups in total. The van der Waals surface area contributed by atoms with Gasteiger partial charge in [0, 0.05) is 13.2 Å². The number of nitrogens with zero attached hydrogens (tertiary/aromatic N) is 3. The number of pyridine rings is 1. The van der Waals surface area contributed by atoms with Gasteiger partial charge < -0.3 is 9.67 Å². The summed E-state index contributed by atoms with van der Waals surface area (Å²) in [5.41, 5.74) is 2.20. The zero-order valence-corrected chi connectivity index (χ0v) is 9.43. The fraction of sp³-hybridized carbons (Fsp3) is 0.364. The van der Waals surface area contributed by atoms with Gasteiger partial charge in [0.05, 0.1) is 5.92 Å². The Morgan fingerprint density at radius 3 is 2.88 bits per heavy atom. The van der Waals surface area contributed by atoms with Crippen molar-refractivity contribution in [1.29, 1.82) is 0 Å². The Bertz CT molecular complexity index is 560. The molecule has 0 amide bonds. The quantitative estimate of drug-likeness (QED) is 0.830. The molecule has 0 radical (unpaired) electrons. The SMILES string of the molecule is Cc1nc2cc(C(C)C(=O)O)cnc2n1C. The van der Waals surface area contributed by atoms with Gasteiger partial charge in [-0.1, -0.05) is 0 Å². The molecule has 0 saturated heterocycles. The minimum Gasteiger partial charge on any atom is -0.481 e. The summed E-state index contributed by atoms with van der Waals surface area (Å²) in [5.74, 6) is -0.546. The van der Waals surface area contributed by atoms with Crippen LogP contribution in [0.5, 0.6) is 0 Å². The van der Waals surface area contributed by atoms with Crippen LogP contribution in [-0.2, 0) is 11.8 Å². The maximum absolute atomic E-state index is 10.9. The number of aromatic nitrogens is 3. The maximum Gasteiger partial charge on any atom is 0.310 e. The van der Waals surface area contributed by atoms with E-state index >= 15 is 0 Å². The van der Waals surface area contributed by atoms with Crippen LogP contribution in [0.4, 0.5) is 0 Å². The monoisotopic (exact) mass is 219 g/mol. The molecule has 1 unspecified atom stereocenters. The highest BCUT2D eigenvalue weighted by atomic mass is 16.4. The predicted molar refractivity (Wildman–Crippen MR) is 59.3 cm³/mol. The number of aryl methyl sites for hydroxylation is 2. The van der Waals surface area contributed by atoms with Crippen LogP contribution < -0.4 is 0 Å². The molecule has 1 atom stereocenters. The standard InChI is InChI=1S/C11H13N3O2/c1-6(11(15)16)8-4-9-10(12-5-8)14(3)7(2)13-9/h4-6H,1-3H3,(H,15,16). The molecule has 84 valence electrons. The van der Waals surface area contributed by atoms with E-state index in [0.29, 0.717) is 5.56 Å². The van der Waals surface area contributed by atoms with Gasteiger partial charge in [0.2, 0.25) is 0 Å². The zero-order chi connectivity index (χ0) is 11.9. The van der Waals surface area contributed by atoms with Gasteiger partial charge in [-0.15, -0.1) is 0 Å². The van der Waals surface area contributed by atoms with Crippen molar-refractivity contribution in [2.45, 2.75) is 19.8 Å². The van der Waals surface area contributed by atoms with Gasteiger partial charge in [0.15, 0.2) is 5.65 Å². The number of imidazole rings is 1. The molecule has 2 aromatic heterocycles. The van der Waals surface area contributed by atoms with Gasteiger partial charge in [-0.3, -0.25) is 4.79 Å². The van der Waals surface area contributed by atoms with Crippen LogP contribution in [0.2, 0.25) is 0 Å². The van der Waals surface area contributed by atoms with Gasteiger partial charge in [-0.25, -0.2) is 9.97 Å². The zero-order valence-electron chi connectivity index (χ0n) is 9.43. The molecule has 2 aromatic rings. The summed E-state index contributed by atoms with van der Waals surface area (Å²) in [4.78, 5) is 19.4. The molecule has 16 heavy (non-hydrogen) atoms. The average molecular weight is 219 g/mol. The molecular weight excluding hydrogens is 206 g/mol. The molecule has 0 saturated carbocycles. The van der Waals surface area contributed by atoms with E-state index in [-0.39, 0.29) is 0 Å². The third-order valence-electron chi connectivity index (χ3n) is 2.82. The minimum atomic E-state index is -0.853. The van der Waals surface area contributed by atoms with Gasteiger partial charge in [0.25, 0.3) is 0 Å². The third kappa shape index (κ3) is 1.54. The Kier molecular flexibility index (Phi) is 2.38. The normalized spacial score (nSPS) is 12.9. The maximum atomic E-state index is 10.9. The molecule has 5 nitrogen and oxygen atoms in total. The Labute approximate surface area is 92.8 Å². The van der Waals surface area contributed by atoms with E-state index < -0.39 is 11.9 Å². The molecule has 0 fully saturated rings. The number of fused-ring (bicyclic) bond motifs is 1. The van der Waals surface area contributed by atoms with E-state index in [1.807, 2.05) is 18.5 Å². The Balaban J connectivity index is 2.56. The predicted octanol–water partition coefficient (Wildman–Crippen LogP) is 1.46. The smallest absolute Gasteiger partial charge is 0.310 e. The number of rotatable bonds is 2. The lowest BCUT2D eigenvalue weighted by molar-refractivity contribution is -0.138. The second-order valence-corrected chi connectivity index (χ2v) is 3.89. The van der Waals surface area contributed by atoms with Crippen molar-refractivity contribution in [2.75, 3.05) is 0 Å². The second-order valence-electron chi connectivity index (χ2n) is 3.89. The topological polar surface area (TPSA) is 68.0 Å². The van der Waals surface area contributed by atoms with E-state index in [9.17, 15) is 4.79 Å². The fourth-order valence-electron chi connectivity index (χ4n) is 1.58. The molecule has 0 aliphatic heterocycles. The summed E-state index contributed by atoms with van der Waals surface area (Å²) < 4.78 is 1.88. The van der Waals surface area contributed by atoms with Crippen LogP contribution in [0.15, 0.2) is 12.3 Å². The Morgan fingerprint density at radius 2 is 2.25 bits per heavy atom. The van der Waals surface area contributed by atoms with Crippen LogP contribution in [0.1, 0.15) is 24.2 Å². The molecule has 2 heterocycles. The van der Waals surface area contributed by atoms with E-state index in [1.165, 1.54) is 0 Å². The first-order valence-electron chi connectivity index (χ1n) is 5.02. The summed E-state index contributed by atoms with van der Waals surface area (Å²) in [6.07, 6.45) is 1.60. The first-order chi connectivity index (χ1) is 7.50. The van der Waals surface area contributed by atoms with Gasteiger partial charge in [-0.05, 0) is 25.5 Å². The first-order valence-corrected chi connectivity index (χ1v) is 5.02. The van der Waals surface area contributed by atoms with Crippen LogP contribution in [-0.4, -0.2) is 25.6 Å². The van der Waals surface area contributed by atoms with Crippen LogP contribution in [0.3, 0.4) is 0 Å². The summed E-state index contributed by atoms with van der Waals surface area (Å²) >= 11 is 0. The van der Waals surface area contributed by atoms with E-state index in [1.54, 1.807) is 19.2 Å². The Morgan fingerprint density at radius 1 is 1.56 bits per heavy atom. The number of carboxylic acids is 1. The summed E-state index contributed by atoms with van der Waals surface area (Å²) in [6.45, 7) is 3.53. The minimum absolute atomic E-state index is 0.556. The van der Waals surface area contributed by atoms with Crippen molar-refractivity contribution in [1.82, 2.24) is 14.5 Å². The van der Waals surface area contributed by atoms with Crippen LogP contribution in [0, 0.1) is 6.92 Å². The highest BCUT2D eigenvalue weighted by Gasteiger charge is 2.15. The van der Waals surface area contributed by atoms with E-state index in [0.717, 1.165) is 17.0 Å². The molecule has 0 aromatic carbocycles. The van der Waals surface area contributed by atoms with Crippen molar-refractivity contribution in [3.8, 4) is 0 Å². The van der Waals surface area contributed by atoms with Crippen molar-refractivity contribution >= 4 is 17.1 Å². The molecule has 5 heteroatoms. The second kappa shape index (κ2) is 3.59. The third-order valence-corrected chi connectivity index (χ3v) is 2.82. The fourth-order valence-corrected chi connectivity index (χ4v) is 1.58. The lowest BCUT2D eigenvalue weighted by Gasteiger charge is -2.05. The van der Waals surface area contributed by atoms with Gasteiger partial charge >= 0.3 is 5.97 Å². The number of aliphatic carboxylic acids is 1. The van der Waals surface area contributed by atoms with Crippen molar-refractivity contribution < 1.29 is 9.90 Å². The summed E-state index contributed by atoms with van der Waals surface area (Å²) in [5, 5.41) is 8.91. The summed E-state index contributed by atoms with van der Waals surface area (Å²) in [6, 6.07) is 1.79. The van der Waals surface area contributed by atoms with Crippen LogP contribution >= 0.6 is 0 Å². The van der Waals surface area contributed by atoms with Gasteiger partial charge in [0.1, 0.15) is 11.3 Å². The molecule has 0 bridgehead atoms. The summed E-state index contributed by atoms with van der Waals surface area (Å²) in [7, 11) is 1.89. The average Bonchev–Trinajstić information content (AvgIpc) is 2.53. The van der Waals surface area contributed by atoms with E-state index in [2.05, 4.69) is 9.97 Å². The lowest BCUT2D eigenvalue weighted by atomic mass is 10.0. The van der Waals surface area contributed by atoms with Crippen molar-refractivity contribution in [3.05, 3.63) is 23.7 Å². The van der Waals surface area contributed by atoms with Gasteiger partial charge in [-0.2, -0.15) is 0 Å². The van der Waals surface area contributed by atoms with Crippen molar-refractivity contribution in [3.63, 3.8) is 0 Å². The number of carboxylic acid groups (broad SMARTS) is 1. The Hall–Kier alpha value is -1.91. The molecular formula is C11H13N3O2. The number of hydrogen-bond donors (Lipinski definition) is 1. The molecule has 0 aliphatic carbocycles. The molecule has 0 spiro atoms. The van der Waals surface area contributed by atoms with E-state index in [4.69, 9.17) is 5.11 Å². The molecule has 2 rings (SSSR count). The highest BCUT2D eigenvalue weighted by Crippen LogP contribution is 2.19. The highest BCUT2D eigenvalue weighted by molar-refractivity contribution is 5.78. The van der Waals surface area contributed by atoms with Crippen LogP contribution in [0.25, 0.3) is 11.2 Å². The number of hydrogen-bond acceptors (Lipinski definition) is 3. The van der Waals surface area contributed by atoms with Crippen molar-refractivity contribution in [2.24, 2.45) is 7.05 Å².